The summed E-state index contributed by atoms with van der Waals surface area (Å²) in [6, 6.07) is 0. The van der Waals surface area contributed by atoms with Gasteiger partial charge >= 0.3 is 0 Å². The Labute approximate surface area is 116 Å². The van der Waals surface area contributed by atoms with Crippen LogP contribution in [0.15, 0.2) is 27.9 Å². The zero-order chi connectivity index (χ0) is 14.6. The molecule has 2 aromatic rings. The van der Waals surface area contributed by atoms with Crippen LogP contribution in [0.4, 0.5) is 0 Å². The van der Waals surface area contributed by atoms with E-state index in [9.17, 15) is 8.42 Å². The number of nitrogens with zero attached hydrogens (tertiary/aromatic N) is 3. The number of aliphatic hydroxyl groups excluding tert-OH is 1. The molecule has 0 unspecified atom stereocenters. The van der Waals surface area contributed by atoms with E-state index < -0.39 is 10.0 Å². The van der Waals surface area contributed by atoms with Gasteiger partial charge in [0.2, 0.25) is 15.9 Å². The van der Waals surface area contributed by atoms with Gasteiger partial charge in [0.15, 0.2) is 0 Å². The number of aromatic nitrogens is 3. The van der Waals surface area contributed by atoms with E-state index in [2.05, 4.69) is 14.8 Å². The van der Waals surface area contributed by atoms with E-state index in [0.29, 0.717) is 24.6 Å². The summed E-state index contributed by atoms with van der Waals surface area (Å²) in [4.78, 5) is 3.98. The average Bonchev–Trinajstić information content (AvgIpc) is 3.03. The second-order valence-electron chi connectivity index (χ2n) is 4.21. The molecule has 8 nitrogen and oxygen atoms in total. The molecule has 2 aromatic heterocycles. The predicted octanol–water partition coefficient (Wildman–Crippen LogP) is 0.0404. The lowest BCUT2D eigenvalue weighted by Gasteiger charge is -2.01. The van der Waals surface area contributed by atoms with Crippen molar-refractivity contribution in [2.24, 2.45) is 0 Å². The summed E-state index contributed by atoms with van der Waals surface area (Å²) in [5.41, 5.74) is 0. The molecule has 0 bridgehead atoms. The normalized spacial score (nSPS) is 11.9. The maximum atomic E-state index is 12.0. The Hall–Kier alpha value is -1.71. The molecule has 110 valence electrons. The van der Waals surface area contributed by atoms with Crippen molar-refractivity contribution < 1.29 is 17.9 Å². The average molecular weight is 300 g/mol. The van der Waals surface area contributed by atoms with Crippen LogP contribution in [0.3, 0.4) is 0 Å². The fraction of sp³-hybridized carbons (Fsp3) is 0.455. The van der Waals surface area contributed by atoms with Crippen molar-refractivity contribution in [1.82, 2.24) is 19.5 Å². The summed E-state index contributed by atoms with van der Waals surface area (Å²) in [6.07, 6.45) is 4.72. The summed E-state index contributed by atoms with van der Waals surface area (Å²) < 4.78 is 33.1. The number of sulfonamides is 1. The largest absolute Gasteiger partial charge is 0.445 e. The molecule has 0 radical (unpaired) electrons. The molecule has 0 saturated heterocycles. The highest BCUT2D eigenvalue weighted by molar-refractivity contribution is 7.89. The highest BCUT2D eigenvalue weighted by atomic mass is 32.2. The first-order valence-corrected chi connectivity index (χ1v) is 7.54. The molecule has 0 saturated carbocycles. The first-order valence-electron chi connectivity index (χ1n) is 6.05. The Morgan fingerprint density at radius 2 is 2.25 bits per heavy atom. The van der Waals surface area contributed by atoms with Crippen molar-refractivity contribution in [2.45, 2.75) is 31.3 Å². The third-order valence-corrected chi connectivity index (χ3v) is 3.90. The highest BCUT2D eigenvalue weighted by Gasteiger charge is 2.17. The van der Waals surface area contributed by atoms with E-state index in [4.69, 9.17) is 9.52 Å². The lowest BCUT2D eigenvalue weighted by atomic mass is 10.5. The van der Waals surface area contributed by atoms with Gasteiger partial charge in [0, 0.05) is 19.3 Å². The molecule has 0 aliphatic heterocycles. The van der Waals surface area contributed by atoms with Gasteiger partial charge in [-0.3, -0.25) is 4.68 Å². The standard InChI is InChI=1S/C11H16N4O4S/c1-9-5-12-11(19-9)7-14-20(17,18)10-6-13-15(8-10)3-2-4-16/h5-6,8,14,16H,2-4,7H2,1H3. The molecule has 0 amide bonds. The van der Waals surface area contributed by atoms with E-state index in [1.54, 1.807) is 6.92 Å². The molecule has 0 aliphatic carbocycles. The van der Waals surface area contributed by atoms with E-state index in [1.807, 2.05) is 0 Å². The Kier molecular flexibility index (Phi) is 4.53. The zero-order valence-electron chi connectivity index (χ0n) is 11.0. The van der Waals surface area contributed by atoms with Crippen molar-refractivity contribution in [3.05, 3.63) is 30.2 Å². The van der Waals surface area contributed by atoms with E-state index in [0.717, 1.165) is 0 Å². The summed E-state index contributed by atoms with van der Waals surface area (Å²) in [5, 5.41) is 12.6. The number of aliphatic hydroxyl groups is 1. The number of hydrogen-bond donors (Lipinski definition) is 2. The molecule has 0 fully saturated rings. The minimum atomic E-state index is -3.65. The van der Waals surface area contributed by atoms with Crippen molar-refractivity contribution in [3.63, 3.8) is 0 Å². The summed E-state index contributed by atoms with van der Waals surface area (Å²) in [7, 11) is -3.65. The van der Waals surface area contributed by atoms with Crippen LogP contribution in [0.2, 0.25) is 0 Å². The molecular formula is C11H16N4O4S. The lowest BCUT2D eigenvalue weighted by Crippen LogP contribution is -2.23. The number of nitrogens with one attached hydrogen (secondary N) is 1. The van der Waals surface area contributed by atoms with Gasteiger partial charge in [0.25, 0.3) is 0 Å². The van der Waals surface area contributed by atoms with E-state index in [-0.39, 0.29) is 18.0 Å². The van der Waals surface area contributed by atoms with Gasteiger partial charge in [-0.2, -0.15) is 5.10 Å². The van der Waals surface area contributed by atoms with Crippen LogP contribution >= 0.6 is 0 Å². The van der Waals surface area contributed by atoms with Crippen LogP contribution < -0.4 is 4.72 Å². The van der Waals surface area contributed by atoms with Crippen molar-refractivity contribution in [2.75, 3.05) is 6.61 Å². The summed E-state index contributed by atoms with van der Waals surface area (Å²) in [5.74, 6) is 0.926. The van der Waals surface area contributed by atoms with Crippen LogP contribution in [-0.2, 0) is 23.1 Å². The molecule has 2 rings (SSSR count). The van der Waals surface area contributed by atoms with Gasteiger partial charge in [-0.25, -0.2) is 18.1 Å². The minimum absolute atomic E-state index is 0.0159. The number of hydrogen-bond acceptors (Lipinski definition) is 6. The number of aryl methyl sites for hydroxylation is 2. The molecule has 0 aromatic carbocycles. The molecule has 2 heterocycles. The molecular weight excluding hydrogens is 284 g/mol. The molecule has 0 atom stereocenters. The van der Waals surface area contributed by atoms with Gasteiger partial charge in [-0.1, -0.05) is 0 Å². The third kappa shape index (κ3) is 3.65. The van der Waals surface area contributed by atoms with Gasteiger partial charge in [0.1, 0.15) is 10.7 Å². The van der Waals surface area contributed by atoms with Crippen molar-refractivity contribution in [3.8, 4) is 0 Å². The quantitative estimate of drug-likeness (QED) is 0.747. The highest BCUT2D eigenvalue weighted by Crippen LogP contribution is 2.09. The van der Waals surface area contributed by atoms with E-state index in [1.165, 1.54) is 23.3 Å². The van der Waals surface area contributed by atoms with Crippen LogP contribution in [0.25, 0.3) is 0 Å². The molecule has 2 N–H and O–H groups in total. The van der Waals surface area contributed by atoms with Crippen LogP contribution in [0, 0.1) is 6.92 Å². The SMILES string of the molecule is Cc1cnc(CNS(=O)(=O)c2cnn(CCCO)c2)o1. The Morgan fingerprint density at radius 3 is 2.90 bits per heavy atom. The topological polar surface area (TPSA) is 110 Å². The Balaban J connectivity index is 2.00. The lowest BCUT2D eigenvalue weighted by molar-refractivity contribution is 0.277. The first-order chi connectivity index (χ1) is 9.51. The fourth-order valence-electron chi connectivity index (χ4n) is 1.56. The molecule has 9 heteroatoms. The first kappa shape index (κ1) is 14.7. The monoisotopic (exact) mass is 300 g/mol. The predicted molar refractivity (Wildman–Crippen MR) is 69.2 cm³/mol. The summed E-state index contributed by atoms with van der Waals surface area (Å²) in [6.45, 7) is 2.21. The van der Waals surface area contributed by atoms with Gasteiger partial charge < -0.3 is 9.52 Å². The molecule has 0 spiro atoms. The minimum Gasteiger partial charge on any atom is -0.445 e. The van der Waals surface area contributed by atoms with E-state index >= 15 is 0 Å². The molecule has 20 heavy (non-hydrogen) atoms. The van der Waals surface area contributed by atoms with Gasteiger partial charge in [-0.15, -0.1) is 0 Å². The maximum absolute atomic E-state index is 12.0. The Bertz CT molecular complexity index is 662. The van der Waals surface area contributed by atoms with Gasteiger partial charge in [0.05, 0.1) is 18.9 Å². The number of oxazole rings is 1. The zero-order valence-corrected chi connectivity index (χ0v) is 11.8. The summed E-state index contributed by atoms with van der Waals surface area (Å²) >= 11 is 0. The molecule has 0 aliphatic rings. The maximum Gasteiger partial charge on any atom is 0.244 e. The van der Waals surface area contributed by atoms with Crippen LogP contribution in [0.1, 0.15) is 18.1 Å². The second-order valence-corrected chi connectivity index (χ2v) is 5.97. The Morgan fingerprint density at radius 1 is 1.45 bits per heavy atom. The van der Waals surface area contributed by atoms with Crippen molar-refractivity contribution in [1.29, 1.82) is 0 Å². The van der Waals surface area contributed by atoms with Crippen molar-refractivity contribution >= 4 is 10.0 Å². The van der Waals surface area contributed by atoms with Crippen LogP contribution in [0.5, 0.6) is 0 Å². The smallest absolute Gasteiger partial charge is 0.244 e. The van der Waals surface area contributed by atoms with Crippen LogP contribution in [-0.4, -0.2) is 34.9 Å². The van der Waals surface area contributed by atoms with Gasteiger partial charge in [-0.05, 0) is 13.3 Å². The second kappa shape index (κ2) is 6.16. The number of rotatable bonds is 7. The third-order valence-electron chi connectivity index (χ3n) is 2.55. The fourth-order valence-corrected chi connectivity index (χ4v) is 2.49.